The van der Waals surface area contributed by atoms with Crippen LogP contribution >= 0.6 is 0 Å². The molecule has 1 aromatic heterocycles. The zero-order chi connectivity index (χ0) is 15.1. The van der Waals surface area contributed by atoms with Gasteiger partial charge in [0.05, 0.1) is 25.7 Å². The van der Waals surface area contributed by atoms with Gasteiger partial charge in [-0.1, -0.05) is 0 Å². The molecule has 0 spiro atoms. The molecule has 0 aliphatic carbocycles. The van der Waals surface area contributed by atoms with Gasteiger partial charge in [0.1, 0.15) is 0 Å². The van der Waals surface area contributed by atoms with Crippen molar-refractivity contribution in [3.8, 4) is 5.88 Å². The number of hydrogen-bond donors (Lipinski definition) is 1. The van der Waals surface area contributed by atoms with E-state index in [0.717, 1.165) is 25.9 Å². The van der Waals surface area contributed by atoms with Crippen LogP contribution in [0.5, 0.6) is 5.88 Å². The first-order valence-electron chi connectivity index (χ1n) is 7.23. The highest BCUT2D eigenvalue weighted by Crippen LogP contribution is 2.19. The van der Waals surface area contributed by atoms with Gasteiger partial charge in [0.25, 0.3) is 0 Å². The van der Waals surface area contributed by atoms with E-state index in [2.05, 4.69) is 14.9 Å². The molecule has 0 atom stereocenters. The number of carboxylic acids is 1. The quantitative estimate of drug-likeness (QED) is 0.812. The van der Waals surface area contributed by atoms with E-state index < -0.39 is 5.97 Å². The van der Waals surface area contributed by atoms with Crippen molar-refractivity contribution >= 4 is 11.9 Å². The minimum atomic E-state index is -0.825. The number of aromatic nitrogens is 2. The van der Waals surface area contributed by atoms with Crippen molar-refractivity contribution in [3.63, 3.8) is 0 Å². The van der Waals surface area contributed by atoms with Crippen LogP contribution in [0, 0.1) is 0 Å². The van der Waals surface area contributed by atoms with Crippen LogP contribution in [0.1, 0.15) is 26.2 Å². The van der Waals surface area contributed by atoms with Crippen LogP contribution in [-0.2, 0) is 9.53 Å². The average Bonchev–Trinajstić information content (AvgIpc) is 2.48. The normalized spacial score (nSPS) is 16.0. The highest BCUT2D eigenvalue weighted by molar-refractivity contribution is 5.66. The van der Waals surface area contributed by atoms with Crippen molar-refractivity contribution in [1.82, 2.24) is 9.97 Å². The summed E-state index contributed by atoms with van der Waals surface area (Å²) in [7, 11) is 0. The fraction of sp³-hybridized carbons (Fsp3) is 0.643. The highest BCUT2D eigenvalue weighted by Gasteiger charge is 2.21. The summed E-state index contributed by atoms with van der Waals surface area (Å²) in [6, 6.07) is 1.74. The second-order valence-electron chi connectivity index (χ2n) is 4.83. The van der Waals surface area contributed by atoms with Crippen molar-refractivity contribution in [1.29, 1.82) is 0 Å². The minimum absolute atomic E-state index is 0.0553. The van der Waals surface area contributed by atoms with Gasteiger partial charge in [-0.25, -0.2) is 4.98 Å². The molecule has 0 radical (unpaired) electrons. The topological polar surface area (TPSA) is 84.8 Å². The van der Waals surface area contributed by atoms with Crippen LogP contribution in [0.15, 0.2) is 12.3 Å². The van der Waals surface area contributed by atoms with Gasteiger partial charge in [0.2, 0.25) is 11.8 Å². The SMILES string of the molecule is CCOc1ccnc(N2CCC(OCCC(=O)O)CC2)n1. The number of nitrogens with zero attached hydrogens (tertiary/aromatic N) is 3. The Bertz CT molecular complexity index is 461. The maximum atomic E-state index is 10.4. The third-order valence-electron chi connectivity index (χ3n) is 3.30. The molecule has 1 N–H and O–H groups in total. The van der Waals surface area contributed by atoms with Crippen molar-refractivity contribution in [2.45, 2.75) is 32.3 Å². The summed E-state index contributed by atoms with van der Waals surface area (Å²) < 4.78 is 10.9. The number of carboxylic acid groups (broad SMARTS) is 1. The van der Waals surface area contributed by atoms with Crippen LogP contribution in [-0.4, -0.2) is 53.5 Å². The van der Waals surface area contributed by atoms with E-state index in [1.165, 1.54) is 0 Å². The van der Waals surface area contributed by atoms with Gasteiger partial charge in [-0.2, -0.15) is 4.98 Å². The standard InChI is InChI=1S/C14H21N3O4/c1-2-20-12-3-7-15-14(16-12)17-8-4-11(5-9-17)21-10-6-13(18)19/h3,7,11H,2,4-6,8-10H2,1H3,(H,18,19). The third kappa shape index (κ3) is 4.86. The van der Waals surface area contributed by atoms with Gasteiger partial charge in [0, 0.05) is 25.4 Å². The zero-order valence-corrected chi connectivity index (χ0v) is 12.2. The van der Waals surface area contributed by atoms with E-state index in [-0.39, 0.29) is 19.1 Å². The first-order chi connectivity index (χ1) is 10.2. The Hall–Kier alpha value is -1.89. The molecule has 2 rings (SSSR count). The molecule has 1 aliphatic rings. The maximum Gasteiger partial charge on any atom is 0.305 e. The van der Waals surface area contributed by atoms with Crippen molar-refractivity contribution in [3.05, 3.63) is 12.3 Å². The van der Waals surface area contributed by atoms with Crippen molar-refractivity contribution in [2.24, 2.45) is 0 Å². The molecule has 7 heteroatoms. The van der Waals surface area contributed by atoms with Crippen LogP contribution in [0.25, 0.3) is 0 Å². The fourth-order valence-corrected chi connectivity index (χ4v) is 2.25. The number of ether oxygens (including phenoxy) is 2. The summed E-state index contributed by atoms with van der Waals surface area (Å²) in [5.74, 6) is 0.431. The number of carbonyl (C=O) groups is 1. The number of piperidine rings is 1. The second kappa shape index (κ2) is 7.78. The van der Waals surface area contributed by atoms with E-state index in [4.69, 9.17) is 14.6 Å². The third-order valence-corrected chi connectivity index (χ3v) is 3.30. The predicted octanol–water partition coefficient (Wildman–Crippen LogP) is 1.34. The first-order valence-corrected chi connectivity index (χ1v) is 7.23. The average molecular weight is 295 g/mol. The Morgan fingerprint density at radius 3 is 2.90 bits per heavy atom. The maximum absolute atomic E-state index is 10.4. The van der Waals surface area contributed by atoms with Gasteiger partial charge in [-0.05, 0) is 19.8 Å². The highest BCUT2D eigenvalue weighted by atomic mass is 16.5. The summed E-state index contributed by atoms with van der Waals surface area (Å²) >= 11 is 0. The second-order valence-corrected chi connectivity index (χ2v) is 4.83. The van der Waals surface area contributed by atoms with Gasteiger partial charge < -0.3 is 19.5 Å². The van der Waals surface area contributed by atoms with E-state index >= 15 is 0 Å². The molecule has 21 heavy (non-hydrogen) atoms. The summed E-state index contributed by atoms with van der Waals surface area (Å²) in [6.07, 6.45) is 3.57. The lowest BCUT2D eigenvalue weighted by Gasteiger charge is -2.31. The molecular formula is C14H21N3O4. The Morgan fingerprint density at radius 2 is 2.24 bits per heavy atom. The van der Waals surface area contributed by atoms with Gasteiger partial charge in [0.15, 0.2) is 0 Å². The van der Waals surface area contributed by atoms with Crippen LogP contribution in [0.2, 0.25) is 0 Å². The molecule has 1 saturated heterocycles. The summed E-state index contributed by atoms with van der Waals surface area (Å²) in [5, 5.41) is 8.59. The van der Waals surface area contributed by atoms with Gasteiger partial charge in [-0.15, -0.1) is 0 Å². The van der Waals surface area contributed by atoms with E-state index in [0.29, 0.717) is 18.4 Å². The van der Waals surface area contributed by atoms with Crippen molar-refractivity contribution in [2.75, 3.05) is 31.2 Å². The summed E-state index contributed by atoms with van der Waals surface area (Å²) in [4.78, 5) is 21.2. The monoisotopic (exact) mass is 295 g/mol. The zero-order valence-electron chi connectivity index (χ0n) is 12.2. The molecule has 0 saturated carbocycles. The molecule has 1 fully saturated rings. The Labute approximate surface area is 123 Å². The van der Waals surface area contributed by atoms with Crippen LogP contribution < -0.4 is 9.64 Å². The lowest BCUT2D eigenvalue weighted by Crippen LogP contribution is -2.38. The predicted molar refractivity (Wildman–Crippen MR) is 76.6 cm³/mol. The lowest BCUT2D eigenvalue weighted by molar-refractivity contribution is -0.138. The minimum Gasteiger partial charge on any atom is -0.481 e. The molecule has 1 aliphatic heterocycles. The molecule has 0 aromatic carbocycles. The number of rotatable bonds is 7. The molecule has 116 valence electrons. The van der Waals surface area contributed by atoms with Crippen molar-refractivity contribution < 1.29 is 19.4 Å². The lowest BCUT2D eigenvalue weighted by atomic mass is 10.1. The van der Waals surface area contributed by atoms with Gasteiger partial charge >= 0.3 is 5.97 Å². The summed E-state index contributed by atoms with van der Waals surface area (Å²) in [6.45, 7) is 4.37. The molecule has 7 nitrogen and oxygen atoms in total. The largest absolute Gasteiger partial charge is 0.481 e. The number of hydrogen-bond acceptors (Lipinski definition) is 6. The number of aliphatic carboxylic acids is 1. The Kier molecular flexibility index (Phi) is 5.74. The van der Waals surface area contributed by atoms with Gasteiger partial charge in [-0.3, -0.25) is 4.79 Å². The smallest absolute Gasteiger partial charge is 0.305 e. The Balaban J connectivity index is 1.80. The number of anilines is 1. The molecular weight excluding hydrogens is 274 g/mol. The van der Waals surface area contributed by atoms with E-state index in [1.54, 1.807) is 12.3 Å². The summed E-state index contributed by atoms with van der Waals surface area (Å²) in [5.41, 5.74) is 0. The molecule has 0 bridgehead atoms. The van der Waals surface area contributed by atoms with E-state index in [9.17, 15) is 4.79 Å². The molecule has 0 amide bonds. The van der Waals surface area contributed by atoms with E-state index in [1.807, 2.05) is 6.92 Å². The first kappa shape index (κ1) is 15.5. The van der Waals surface area contributed by atoms with Crippen LogP contribution in [0.4, 0.5) is 5.95 Å². The molecule has 0 unspecified atom stereocenters. The Morgan fingerprint density at radius 1 is 1.48 bits per heavy atom. The molecule has 1 aromatic rings. The molecule has 2 heterocycles. The fourth-order valence-electron chi connectivity index (χ4n) is 2.25. The van der Waals surface area contributed by atoms with Crippen LogP contribution in [0.3, 0.4) is 0 Å².